The minimum Gasteiger partial charge on any atom is -0.490 e. The fourth-order valence-corrected chi connectivity index (χ4v) is 4.25. The van der Waals surface area contributed by atoms with Gasteiger partial charge in [0.25, 0.3) is 5.91 Å². The number of pyridine rings is 1. The van der Waals surface area contributed by atoms with Crippen LogP contribution in [0.2, 0.25) is 0 Å². The molecule has 172 valence electrons. The number of hydrogen-bond acceptors (Lipinski definition) is 4. The van der Waals surface area contributed by atoms with Crippen LogP contribution in [0.15, 0.2) is 79.0 Å². The van der Waals surface area contributed by atoms with E-state index < -0.39 is 0 Å². The Labute approximate surface area is 196 Å². The Kier molecular flexibility index (Phi) is 8.09. The molecule has 5 nitrogen and oxygen atoms in total. The molecule has 0 bridgehead atoms. The zero-order valence-electron chi connectivity index (χ0n) is 19.3. The number of amides is 1. The summed E-state index contributed by atoms with van der Waals surface area (Å²) in [7, 11) is 0. The lowest BCUT2D eigenvalue weighted by Gasteiger charge is -2.32. The van der Waals surface area contributed by atoms with Gasteiger partial charge >= 0.3 is 0 Å². The first-order valence-corrected chi connectivity index (χ1v) is 11.9. The minimum absolute atomic E-state index is 0.00963. The van der Waals surface area contributed by atoms with Gasteiger partial charge in [0.05, 0.1) is 0 Å². The molecule has 33 heavy (non-hydrogen) atoms. The van der Waals surface area contributed by atoms with Gasteiger partial charge in [-0.1, -0.05) is 36.4 Å². The molecule has 1 aliphatic heterocycles. The highest BCUT2D eigenvalue weighted by Gasteiger charge is 2.20. The van der Waals surface area contributed by atoms with Crippen molar-refractivity contribution in [3.63, 3.8) is 0 Å². The molecule has 1 N–H and O–H groups in total. The lowest BCUT2D eigenvalue weighted by Crippen LogP contribution is -2.39. The van der Waals surface area contributed by atoms with E-state index in [0.29, 0.717) is 12.0 Å². The Morgan fingerprint density at radius 1 is 1.03 bits per heavy atom. The summed E-state index contributed by atoms with van der Waals surface area (Å²) in [4.78, 5) is 19.4. The van der Waals surface area contributed by atoms with Gasteiger partial charge in [-0.15, -0.1) is 0 Å². The molecule has 5 heteroatoms. The van der Waals surface area contributed by atoms with Gasteiger partial charge in [-0.05, 0) is 68.1 Å². The summed E-state index contributed by atoms with van der Waals surface area (Å²) in [6.45, 7) is 5.22. The van der Waals surface area contributed by atoms with E-state index in [0.717, 1.165) is 50.3 Å². The average Bonchev–Trinajstić information content (AvgIpc) is 2.85. The number of piperidine rings is 1. The van der Waals surface area contributed by atoms with Crippen molar-refractivity contribution < 1.29 is 9.53 Å². The van der Waals surface area contributed by atoms with E-state index in [2.05, 4.69) is 45.5 Å². The number of nitrogens with zero attached hydrogens (tertiary/aromatic N) is 2. The normalized spacial score (nSPS) is 15.7. The molecular formula is C28H33N3O2. The first-order valence-electron chi connectivity index (χ1n) is 11.9. The fourth-order valence-electron chi connectivity index (χ4n) is 4.25. The molecule has 1 amide bonds. The summed E-state index contributed by atoms with van der Waals surface area (Å²) >= 11 is 0. The van der Waals surface area contributed by atoms with Gasteiger partial charge in [-0.2, -0.15) is 0 Å². The molecule has 1 saturated heterocycles. The second-order valence-corrected chi connectivity index (χ2v) is 8.82. The molecule has 0 aliphatic carbocycles. The fraction of sp³-hybridized carbons (Fsp3) is 0.357. The molecule has 3 aromatic rings. The van der Waals surface area contributed by atoms with Gasteiger partial charge in [-0.25, -0.2) is 0 Å². The summed E-state index contributed by atoms with van der Waals surface area (Å²) in [5.74, 6) is 0.757. The molecule has 0 radical (unpaired) electrons. The van der Waals surface area contributed by atoms with Crippen LogP contribution >= 0.6 is 0 Å². The third-order valence-electron chi connectivity index (χ3n) is 6.13. The standard InChI is InChI=1S/C28H33N3O2/c1-22(21-25-9-5-6-17-29-25)30-28(32)24-10-12-26(13-11-24)33-27-15-19-31(20-16-27)18-14-23-7-3-2-4-8-23/h2-13,17,22,27H,14-16,18-21H2,1H3,(H,30,32)/t22-/m0/s1. The summed E-state index contributed by atoms with van der Waals surface area (Å²) in [5.41, 5.74) is 3.01. The number of rotatable bonds is 9. The summed E-state index contributed by atoms with van der Waals surface area (Å²) in [6.07, 6.45) is 5.87. The van der Waals surface area contributed by atoms with Gasteiger partial charge in [-0.3, -0.25) is 9.78 Å². The van der Waals surface area contributed by atoms with E-state index in [1.807, 2.05) is 49.4 Å². The molecule has 1 fully saturated rings. The molecule has 0 saturated carbocycles. The highest BCUT2D eigenvalue weighted by molar-refractivity contribution is 5.94. The van der Waals surface area contributed by atoms with Crippen LogP contribution in [-0.4, -0.2) is 47.6 Å². The number of aromatic nitrogens is 1. The van der Waals surface area contributed by atoms with Crippen LogP contribution in [0.3, 0.4) is 0 Å². The Morgan fingerprint density at radius 2 is 1.76 bits per heavy atom. The second kappa shape index (κ2) is 11.6. The Morgan fingerprint density at radius 3 is 2.45 bits per heavy atom. The number of carbonyl (C=O) groups is 1. The van der Waals surface area contributed by atoms with Crippen LogP contribution in [0.1, 0.15) is 41.4 Å². The monoisotopic (exact) mass is 443 g/mol. The highest BCUT2D eigenvalue weighted by atomic mass is 16.5. The van der Waals surface area contributed by atoms with Crippen molar-refractivity contribution in [3.05, 3.63) is 95.8 Å². The Balaban J connectivity index is 1.19. The second-order valence-electron chi connectivity index (χ2n) is 8.82. The number of benzene rings is 2. The van der Waals surface area contributed by atoms with Crippen LogP contribution < -0.4 is 10.1 Å². The molecule has 0 unspecified atom stereocenters. The maximum Gasteiger partial charge on any atom is 0.251 e. The van der Waals surface area contributed by atoms with E-state index in [-0.39, 0.29) is 18.1 Å². The molecule has 2 aromatic carbocycles. The summed E-state index contributed by atoms with van der Waals surface area (Å²) in [6, 6.07) is 24.0. The number of ether oxygens (including phenoxy) is 1. The molecule has 1 atom stereocenters. The maximum atomic E-state index is 12.6. The number of hydrogen-bond donors (Lipinski definition) is 1. The average molecular weight is 444 g/mol. The van der Waals surface area contributed by atoms with Crippen molar-refractivity contribution >= 4 is 5.91 Å². The number of nitrogens with one attached hydrogen (secondary N) is 1. The lowest BCUT2D eigenvalue weighted by molar-refractivity contribution is 0.0939. The zero-order chi connectivity index (χ0) is 22.9. The largest absolute Gasteiger partial charge is 0.490 e. The van der Waals surface area contributed by atoms with Crippen molar-refractivity contribution in [2.24, 2.45) is 0 Å². The van der Waals surface area contributed by atoms with E-state index in [1.165, 1.54) is 5.56 Å². The smallest absolute Gasteiger partial charge is 0.251 e. The first kappa shape index (κ1) is 23.0. The van der Waals surface area contributed by atoms with Crippen molar-refractivity contribution in [1.82, 2.24) is 15.2 Å². The van der Waals surface area contributed by atoms with Crippen LogP contribution in [0.5, 0.6) is 5.75 Å². The van der Waals surface area contributed by atoms with Gasteiger partial charge in [0, 0.05) is 49.6 Å². The van der Waals surface area contributed by atoms with Crippen LogP contribution in [-0.2, 0) is 12.8 Å². The highest BCUT2D eigenvalue weighted by Crippen LogP contribution is 2.20. The number of likely N-dealkylation sites (tertiary alicyclic amines) is 1. The molecule has 2 heterocycles. The van der Waals surface area contributed by atoms with Crippen LogP contribution in [0.4, 0.5) is 0 Å². The third kappa shape index (κ3) is 7.16. The van der Waals surface area contributed by atoms with Crippen molar-refractivity contribution in [2.45, 2.75) is 44.8 Å². The lowest BCUT2D eigenvalue weighted by atomic mass is 10.1. The predicted molar refractivity (Wildman–Crippen MR) is 132 cm³/mol. The van der Waals surface area contributed by atoms with Crippen LogP contribution in [0.25, 0.3) is 0 Å². The Bertz CT molecular complexity index is 985. The van der Waals surface area contributed by atoms with E-state index in [9.17, 15) is 4.79 Å². The molecule has 0 spiro atoms. The maximum absolute atomic E-state index is 12.6. The molecular weight excluding hydrogens is 410 g/mol. The van der Waals surface area contributed by atoms with Gasteiger partial charge in [0.15, 0.2) is 0 Å². The molecule has 1 aliphatic rings. The zero-order valence-corrected chi connectivity index (χ0v) is 19.3. The predicted octanol–water partition coefficient (Wildman–Crippen LogP) is 4.53. The summed E-state index contributed by atoms with van der Waals surface area (Å²) < 4.78 is 6.19. The topological polar surface area (TPSA) is 54.5 Å². The van der Waals surface area contributed by atoms with Crippen molar-refractivity contribution in [2.75, 3.05) is 19.6 Å². The van der Waals surface area contributed by atoms with Crippen LogP contribution in [0, 0.1) is 0 Å². The summed E-state index contributed by atoms with van der Waals surface area (Å²) in [5, 5.41) is 3.05. The van der Waals surface area contributed by atoms with Gasteiger partial charge in [0.1, 0.15) is 11.9 Å². The number of carbonyl (C=O) groups excluding carboxylic acids is 1. The van der Waals surface area contributed by atoms with E-state index >= 15 is 0 Å². The SMILES string of the molecule is C[C@@H](Cc1ccccn1)NC(=O)c1ccc(OC2CCN(CCc3ccccc3)CC2)cc1. The third-order valence-corrected chi connectivity index (χ3v) is 6.13. The van der Waals surface area contributed by atoms with Crippen molar-refractivity contribution in [1.29, 1.82) is 0 Å². The molecule has 1 aromatic heterocycles. The van der Waals surface area contributed by atoms with E-state index in [4.69, 9.17) is 4.74 Å². The Hall–Kier alpha value is -3.18. The van der Waals surface area contributed by atoms with Gasteiger partial charge < -0.3 is 15.0 Å². The minimum atomic E-state index is -0.0725. The molecule has 4 rings (SSSR count). The van der Waals surface area contributed by atoms with Gasteiger partial charge in [0.2, 0.25) is 0 Å². The first-order chi connectivity index (χ1) is 16.2. The van der Waals surface area contributed by atoms with Crippen molar-refractivity contribution in [3.8, 4) is 5.75 Å². The quantitative estimate of drug-likeness (QED) is 0.528. The van der Waals surface area contributed by atoms with E-state index in [1.54, 1.807) is 6.20 Å².